The molecule has 0 fully saturated rings. The van der Waals surface area contributed by atoms with E-state index >= 15 is 0 Å². The fourth-order valence-corrected chi connectivity index (χ4v) is 2.05. The lowest BCUT2D eigenvalue weighted by molar-refractivity contribution is 0.0952. The molecule has 0 atom stereocenters. The Labute approximate surface area is 140 Å². The van der Waals surface area contributed by atoms with Crippen molar-refractivity contribution in [2.45, 2.75) is 20.3 Å². The van der Waals surface area contributed by atoms with Crippen LogP contribution in [0.25, 0.3) is 0 Å². The molecular formula is C18H19N3O3. The van der Waals surface area contributed by atoms with Crippen LogP contribution in [0.5, 0.6) is 0 Å². The van der Waals surface area contributed by atoms with Crippen LogP contribution in [0.2, 0.25) is 0 Å². The highest BCUT2D eigenvalue weighted by Crippen LogP contribution is 2.13. The Balaban J connectivity index is 2.14. The molecule has 0 saturated carbocycles. The topological polar surface area (TPSA) is 88.2 Å². The van der Waals surface area contributed by atoms with Crippen LogP contribution in [0.3, 0.4) is 0 Å². The molecule has 2 aromatic rings. The second kappa shape index (κ2) is 8.01. The van der Waals surface area contributed by atoms with Crippen LogP contribution in [0, 0.1) is 0 Å². The van der Waals surface area contributed by atoms with Crippen LogP contribution in [-0.2, 0) is 0 Å². The van der Waals surface area contributed by atoms with E-state index in [9.17, 15) is 14.4 Å². The monoisotopic (exact) mass is 325 g/mol. The van der Waals surface area contributed by atoms with Gasteiger partial charge >= 0.3 is 0 Å². The summed E-state index contributed by atoms with van der Waals surface area (Å²) >= 11 is 0. The Hall–Kier alpha value is -3.02. The number of Topliss-reactive ketones (excluding diaryl/α,β-unsaturated/α-hetero) is 1. The van der Waals surface area contributed by atoms with Crippen molar-refractivity contribution in [1.82, 2.24) is 10.3 Å². The van der Waals surface area contributed by atoms with E-state index in [4.69, 9.17) is 0 Å². The average Bonchev–Trinajstić information content (AvgIpc) is 2.60. The second-order valence-electron chi connectivity index (χ2n) is 5.31. The first-order valence-electron chi connectivity index (χ1n) is 7.67. The van der Waals surface area contributed by atoms with Gasteiger partial charge in [0.05, 0.1) is 11.1 Å². The molecule has 1 heterocycles. The smallest absolute Gasteiger partial charge is 0.257 e. The Morgan fingerprint density at radius 2 is 1.71 bits per heavy atom. The number of carbonyl (C=O) groups is 3. The van der Waals surface area contributed by atoms with E-state index in [1.165, 1.54) is 25.4 Å². The van der Waals surface area contributed by atoms with Crippen molar-refractivity contribution in [3.8, 4) is 0 Å². The molecule has 0 radical (unpaired) electrons. The van der Waals surface area contributed by atoms with Gasteiger partial charge in [-0.05, 0) is 31.5 Å². The third-order valence-corrected chi connectivity index (χ3v) is 3.33. The van der Waals surface area contributed by atoms with Crippen LogP contribution in [0.1, 0.15) is 51.3 Å². The third kappa shape index (κ3) is 4.49. The molecule has 1 aromatic heterocycles. The van der Waals surface area contributed by atoms with E-state index in [1.807, 2.05) is 6.92 Å². The highest BCUT2D eigenvalue weighted by molar-refractivity contribution is 6.06. The van der Waals surface area contributed by atoms with Crippen molar-refractivity contribution in [1.29, 1.82) is 0 Å². The molecule has 0 aliphatic heterocycles. The number of aromatic nitrogens is 1. The average molecular weight is 325 g/mol. The van der Waals surface area contributed by atoms with Gasteiger partial charge < -0.3 is 10.6 Å². The summed E-state index contributed by atoms with van der Waals surface area (Å²) in [6.45, 7) is 3.98. The Morgan fingerprint density at radius 1 is 1.00 bits per heavy atom. The molecule has 6 heteroatoms. The van der Waals surface area contributed by atoms with Gasteiger partial charge in [0.25, 0.3) is 11.8 Å². The lowest BCUT2D eigenvalue weighted by Crippen LogP contribution is -2.24. The maximum atomic E-state index is 12.3. The largest absolute Gasteiger partial charge is 0.352 e. The number of amides is 2. The molecule has 124 valence electrons. The van der Waals surface area contributed by atoms with Gasteiger partial charge in [-0.25, -0.2) is 0 Å². The number of pyridine rings is 1. The van der Waals surface area contributed by atoms with Gasteiger partial charge in [0.2, 0.25) is 0 Å². The van der Waals surface area contributed by atoms with Crippen LogP contribution in [0.15, 0.2) is 42.7 Å². The molecule has 0 aliphatic carbocycles. The summed E-state index contributed by atoms with van der Waals surface area (Å²) in [6, 6.07) is 8.15. The molecule has 2 rings (SSSR count). The fourth-order valence-electron chi connectivity index (χ4n) is 2.05. The lowest BCUT2D eigenvalue weighted by Gasteiger charge is -2.08. The highest BCUT2D eigenvalue weighted by Gasteiger charge is 2.12. The number of carbonyl (C=O) groups excluding carboxylic acids is 3. The van der Waals surface area contributed by atoms with Crippen molar-refractivity contribution in [3.05, 3.63) is 59.4 Å². The number of hydrogen-bond acceptors (Lipinski definition) is 4. The summed E-state index contributed by atoms with van der Waals surface area (Å²) in [4.78, 5) is 39.6. The van der Waals surface area contributed by atoms with Crippen molar-refractivity contribution in [3.63, 3.8) is 0 Å². The molecule has 1 aromatic carbocycles. The molecule has 0 saturated heterocycles. The van der Waals surface area contributed by atoms with Gasteiger partial charge in [0, 0.05) is 30.2 Å². The summed E-state index contributed by atoms with van der Waals surface area (Å²) in [6.07, 6.45) is 3.63. The quantitative estimate of drug-likeness (QED) is 0.799. The number of anilines is 1. The van der Waals surface area contributed by atoms with Gasteiger partial charge in [-0.15, -0.1) is 0 Å². The van der Waals surface area contributed by atoms with Gasteiger partial charge in [0.15, 0.2) is 5.78 Å². The normalized spacial score (nSPS) is 10.1. The minimum atomic E-state index is -0.395. The zero-order valence-electron chi connectivity index (χ0n) is 13.6. The predicted molar refractivity (Wildman–Crippen MR) is 91.3 cm³/mol. The lowest BCUT2D eigenvalue weighted by atomic mass is 10.1. The Bertz CT molecular complexity index is 772. The van der Waals surface area contributed by atoms with E-state index in [0.29, 0.717) is 23.4 Å². The molecule has 0 aliphatic rings. The third-order valence-electron chi connectivity index (χ3n) is 3.33. The first kappa shape index (κ1) is 17.3. The van der Waals surface area contributed by atoms with Crippen molar-refractivity contribution >= 4 is 23.3 Å². The van der Waals surface area contributed by atoms with E-state index in [1.54, 1.807) is 24.3 Å². The Kier molecular flexibility index (Phi) is 5.78. The summed E-state index contributed by atoms with van der Waals surface area (Å²) in [5.41, 5.74) is 1.62. The maximum Gasteiger partial charge on any atom is 0.257 e. The highest BCUT2D eigenvalue weighted by atomic mass is 16.2. The van der Waals surface area contributed by atoms with E-state index in [2.05, 4.69) is 15.6 Å². The molecule has 0 unspecified atom stereocenters. The second-order valence-corrected chi connectivity index (χ2v) is 5.31. The van der Waals surface area contributed by atoms with Gasteiger partial charge in [-0.1, -0.05) is 19.1 Å². The molecule has 24 heavy (non-hydrogen) atoms. The Morgan fingerprint density at radius 3 is 2.38 bits per heavy atom. The van der Waals surface area contributed by atoms with Gasteiger partial charge in [-0.3, -0.25) is 19.4 Å². The van der Waals surface area contributed by atoms with Crippen LogP contribution in [0.4, 0.5) is 5.69 Å². The SMILES string of the molecule is CCCNC(=O)c1cncc(C(=O)Nc2cccc(C(C)=O)c2)c1. The molecular weight excluding hydrogens is 306 g/mol. The minimum Gasteiger partial charge on any atom is -0.352 e. The fraction of sp³-hybridized carbons (Fsp3) is 0.222. The molecule has 2 amide bonds. The van der Waals surface area contributed by atoms with E-state index in [-0.39, 0.29) is 17.3 Å². The van der Waals surface area contributed by atoms with E-state index in [0.717, 1.165) is 6.42 Å². The summed E-state index contributed by atoms with van der Waals surface area (Å²) < 4.78 is 0. The summed E-state index contributed by atoms with van der Waals surface area (Å²) in [5.74, 6) is -0.742. The predicted octanol–water partition coefficient (Wildman–Crippen LogP) is 2.68. The first-order chi connectivity index (χ1) is 11.5. The first-order valence-corrected chi connectivity index (χ1v) is 7.67. The van der Waals surface area contributed by atoms with Crippen LogP contribution in [-0.4, -0.2) is 29.1 Å². The number of rotatable bonds is 6. The van der Waals surface area contributed by atoms with Crippen molar-refractivity contribution < 1.29 is 14.4 Å². The maximum absolute atomic E-state index is 12.3. The summed E-state index contributed by atoms with van der Waals surface area (Å²) in [5, 5.41) is 5.44. The number of hydrogen-bond donors (Lipinski definition) is 2. The number of ketones is 1. The van der Waals surface area contributed by atoms with Gasteiger partial charge in [0.1, 0.15) is 0 Å². The van der Waals surface area contributed by atoms with Crippen LogP contribution >= 0.6 is 0 Å². The van der Waals surface area contributed by atoms with Crippen molar-refractivity contribution in [2.24, 2.45) is 0 Å². The number of nitrogens with zero attached hydrogens (tertiary/aromatic N) is 1. The molecule has 6 nitrogen and oxygen atoms in total. The summed E-state index contributed by atoms with van der Waals surface area (Å²) in [7, 11) is 0. The number of benzene rings is 1. The van der Waals surface area contributed by atoms with Crippen LogP contribution < -0.4 is 10.6 Å². The van der Waals surface area contributed by atoms with E-state index < -0.39 is 5.91 Å². The number of nitrogens with one attached hydrogen (secondary N) is 2. The zero-order valence-corrected chi connectivity index (χ0v) is 13.6. The molecule has 0 bridgehead atoms. The zero-order chi connectivity index (χ0) is 17.5. The van der Waals surface area contributed by atoms with Crippen molar-refractivity contribution in [2.75, 3.05) is 11.9 Å². The molecule has 2 N–H and O–H groups in total. The minimum absolute atomic E-state index is 0.0811. The molecule has 0 spiro atoms. The van der Waals surface area contributed by atoms with Gasteiger partial charge in [-0.2, -0.15) is 0 Å². The standard InChI is InChI=1S/C18H19N3O3/c1-3-7-20-17(23)14-8-15(11-19-10-14)18(24)21-16-6-4-5-13(9-16)12(2)22/h4-6,8-11H,3,7H2,1-2H3,(H,20,23)(H,21,24).